The number of nitrogens with zero attached hydrogens (tertiary/aromatic N) is 1. The van der Waals surface area contributed by atoms with Crippen LogP contribution in [0.5, 0.6) is 0 Å². The Labute approximate surface area is 112 Å². The summed E-state index contributed by atoms with van der Waals surface area (Å²) < 4.78 is 26.3. The molecule has 19 heavy (non-hydrogen) atoms. The first-order valence-corrected chi connectivity index (χ1v) is 7.50. The van der Waals surface area contributed by atoms with Crippen LogP contribution in [0.15, 0.2) is 11.2 Å². The molecule has 7 nitrogen and oxygen atoms in total. The Balaban J connectivity index is 2.88. The average molecular weight is 289 g/mol. The molecule has 0 radical (unpaired) electrons. The van der Waals surface area contributed by atoms with Crippen LogP contribution in [0.4, 0.5) is 0 Å². The molecule has 0 aliphatic heterocycles. The van der Waals surface area contributed by atoms with Gasteiger partial charge < -0.3 is 10.1 Å². The van der Waals surface area contributed by atoms with Crippen LogP contribution in [0.1, 0.15) is 32.5 Å². The number of carboxylic acids is 1. The van der Waals surface area contributed by atoms with E-state index in [2.05, 4.69) is 14.7 Å². The molecule has 0 saturated heterocycles. The third-order valence-electron chi connectivity index (χ3n) is 3.38. The summed E-state index contributed by atoms with van der Waals surface area (Å²) in [5.41, 5.74) is -1.08. The standard InChI is InChI=1S/C11H19N3O4S/c1-4-11(5-2,10(15)16)7-13-19(17,18)9-6-12-8(3)14-9/h6,13H,4-5,7H2,1-3H3,(H,12,14)(H,15,16). The largest absolute Gasteiger partial charge is 0.481 e. The number of imidazole rings is 1. The zero-order valence-electron chi connectivity index (χ0n) is 11.2. The number of sulfonamides is 1. The van der Waals surface area contributed by atoms with Crippen LogP contribution in [0.25, 0.3) is 0 Å². The highest BCUT2D eigenvalue weighted by molar-refractivity contribution is 7.89. The van der Waals surface area contributed by atoms with Gasteiger partial charge in [0, 0.05) is 6.54 Å². The van der Waals surface area contributed by atoms with Crippen LogP contribution in [-0.2, 0) is 14.8 Å². The molecule has 1 heterocycles. The molecule has 1 aromatic rings. The van der Waals surface area contributed by atoms with Gasteiger partial charge in [-0.3, -0.25) is 4.79 Å². The van der Waals surface area contributed by atoms with E-state index >= 15 is 0 Å². The van der Waals surface area contributed by atoms with Crippen molar-refractivity contribution < 1.29 is 18.3 Å². The van der Waals surface area contributed by atoms with Gasteiger partial charge in [0.15, 0.2) is 5.03 Å². The molecule has 0 amide bonds. The summed E-state index contributed by atoms with van der Waals surface area (Å²) in [5, 5.41) is 9.18. The number of carboxylic acid groups (broad SMARTS) is 1. The summed E-state index contributed by atoms with van der Waals surface area (Å²) in [6, 6.07) is 0. The van der Waals surface area contributed by atoms with E-state index in [1.165, 1.54) is 6.20 Å². The number of aryl methyl sites for hydroxylation is 1. The number of hydrogen-bond acceptors (Lipinski definition) is 4. The zero-order chi connectivity index (χ0) is 14.7. The van der Waals surface area contributed by atoms with Gasteiger partial charge in [-0.25, -0.2) is 18.1 Å². The Morgan fingerprint density at radius 2 is 2.05 bits per heavy atom. The van der Waals surface area contributed by atoms with E-state index in [4.69, 9.17) is 0 Å². The van der Waals surface area contributed by atoms with Crippen LogP contribution >= 0.6 is 0 Å². The summed E-state index contributed by atoms with van der Waals surface area (Å²) in [7, 11) is -3.76. The number of aromatic amines is 1. The van der Waals surface area contributed by atoms with Crippen LogP contribution < -0.4 is 4.72 Å². The highest BCUT2D eigenvalue weighted by Gasteiger charge is 2.36. The van der Waals surface area contributed by atoms with Crippen LogP contribution in [-0.4, -0.2) is 36.0 Å². The van der Waals surface area contributed by atoms with Crippen LogP contribution in [0.3, 0.4) is 0 Å². The fourth-order valence-corrected chi connectivity index (χ4v) is 2.82. The van der Waals surface area contributed by atoms with Gasteiger partial charge in [-0.1, -0.05) is 13.8 Å². The molecule has 0 unspecified atom stereocenters. The van der Waals surface area contributed by atoms with Crippen LogP contribution in [0.2, 0.25) is 0 Å². The number of rotatable bonds is 7. The molecule has 1 rings (SSSR count). The average Bonchev–Trinajstić information content (AvgIpc) is 2.78. The Bertz CT molecular complexity index is 546. The normalized spacial score (nSPS) is 12.6. The Hall–Kier alpha value is -1.41. The molecule has 0 saturated carbocycles. The molecule has 3 N–H and O–H groups in total. The second-order valence-corrected chi connectivity index (χ2v) is 6.19. The van der Waals surface area contributed by atoms with E-state index in [0.717, 1.165) is 0 Å². The van der Waals surface area contributed by atoms with Gasteiger partial charge in [0.25, 0.3) is 10.0 Å². The molecule has 0 aliphatic rings. The third-order valence-corrected chi connectivity index (χ3v) is 4.69. The number of aromatic nitrogens is 2. The maximum absolute atomic E-state index is 12.0. The van der Waals surface area contributed by atoms with Crippen molar-refractivity contribution in [1.82, 2.24) is 14.7 Å². The molecule has 108 valence electrons. The number of hydrogen-bond donors (Lipinski definition) is 3. The monoisotopic (exact) mass is 289 g/mol. The minimum atomic E-state index is -3.76. The summed E-state index contributed by atoms with van der Waals surface area (Å²) >= 11 is 0. The number of nitrogens with one attached hydrogen (secondary N) is 2. The van der Waals surface area contributed by atoms with E-state index in [-0.39, 0.29) is 11.6 Å². The third kappa shape index (κ3) is 3.32. The molecule has 1 aromatic heterocycles. The first-order valence-electron chi connectivity index (χ1n) is 6.02. The molecule has 0 aromatic carbocycles. The lowest BCUT2D eigenvalue weighted by Crippen LogP contribution is -2.42. The molecule has 0 fully saturated rings. The lowest BCUT2D eigenvalue weighted by Gasteiger charge is -2.26. The van der Waals surface area contributed by atoms with Crippen LogP contribution in [0, 0.1) is 12.3 Å². The van der Waals surface area contributed by atoms with Crippen molar-refractivity contribution in [3.05, 3.63) is 12.0 Å². The zero-order valence-corrected chi connectivity index (χ0v) is 12.0. The predicted octanol–water partition coefficient (Wildman–Crippen LogP) is 0.887. The Morgan fingerprint density at radius 3 is 2.42 bits per heavy atom. The van der Waals surface area contributed by atoms with Gasteiger partial charge in [0.05, 0.1) is 11.6 Å². The second-order valence-electron chi connectivity index (χ2n) is 4.45. The van der Waals surface area contributed by atoms with Gasteiger partial charge in [-0.2, -0.15) is 0 Å². The van der Waals surface area contributed by atoms with E-state index in [1.807, 2.05) is 0 Å². The van der Waals surface area contributed by atoms with E-state index in [9.17, 15) is 18.3 Å². The first-order chi connectivity index (χ1) is 8.77. The van der Waals surface area contributed by atoms with Crippen molar-refractivity contribution >= 4 is 16.0 Å². The van der Waals surface area contributed by atoms with E-state index in [0.29, 0.717) is 18.7 Å². The van der Waals surface area contributed by atoms with Crippen molar-refractivity contribution in [2.45, 2.75) is 38.6 Å². The SMILES string of the molecule is CCC(CC)(CNS(=O)(=O)c1cnc(C)[nH]1)C(=O)O. The summed E-state index contributed by atoms with van der Waals surface area (Å²) in [4.78, 5) is 17.7. The Kier molecular flexibility index (Phi) is 4.70. The topological polar surface area (TPSA) is 112 Å². The quantitative estimate of drug-likeness (QED) is 0.690. The maximum Gasteiger partial charge on any atom is 0.310 e. The highest BCUT2D eigenvalue weighted by atomic mass is 32.2. The second kappa shape index (κ2) is 5.70. The van der Waals surface area contributed by atoms with Crippen molar-refractivity contribution in [3.8, 4) is 0 Å². The molecule has 0 atom stereocenters. The lowest BCUT2D eigenvalue weighted by molar-refractivity contribution is -0.149. The molecule has 0 bridgehead atoms. The van der Waals surface area contributed by atoms with Crippen molar-refractivity contribution in [2.75, 3.05) is 6.54 Å². The highest BCUT2D eigenvalue weighted by Crippen LogP contribution is 2.26. The fraction of sp³-hybridized carbons (Fsp3) is 0.636. The van der Waals surface area contributed by atoms with Crippen molar-refractivity contribution in [1.29, 1.82) is 0 Å². The molecule has 0 spiro atoms. The first kappa shape index (κ1) is 15.6. The van der Waals surface area contributed by atoms with Gasteiger partial charge in [0.2, 0.25) is 0 Å². The van der Waals surface area contributed by atoms with Gasteiger partial charge in [-0.15, -0.1) is 0 Å². The Morgan fingerprint density at radius 1 is 1.47 bits per heavy atom. The summed E-state index contributed by atoms with van der Waals surface area (Å²) in [5.74, 6) is -0.517. The smallest absolute Gasteiger partial charge is 0.310 e. The number of carbonyl (C=O) groups is 1. The number of aliphatic carboxylic acids is 1. The number of H-pyrrole nitrogens is 1. The molecular weight excluding hydrogens is 270 g/mol. The van der Waals surface area contributed by atoms with E-state index in [1.54, 1.807) is 20.8 Å². The summed E-state index contributed by atoms with van der Waals surface area (Å²) in [6.45, 7) is 4.95. The van der Waals surface area contributed by atoms with E-state index < -0.39 is 21.4 Å². The summed E-state index contributed by atoms with van der Waals surface area (Å²) in [6.07, 6.45) is 1.91. The van der Waals surface area contributed by atoms with Crippen molar-refractivity contribution in [3.63, 3.8) is 0 Å². The van der Waals surface area contributed by atoms with Gasteiger partial charge in [0.1, 0.15) is 5.82 Å². The van der Waals surface area contributed by atoms with Crippen molar-refractivity contribution in [2.24, 2.45) is 5.41 Å². The maximum atomic E-state index is 12.0. The minimum Gasteiger partial charge on any atom is -0.481 e. The van der Waals surface area contributed by atoms with Gasteiger partial charge in [-0.05, 0) is 19.8 Å². The minimum absolute atomic E-state index is 0.0588. The molecule has 8 heteroatoms. The molecule has 0 aliphatic carbocycles. The molecular formula is C11H19N3O4S. The van der Waals surface area contributed by atoms with Gasteiger partial charge >= 0.3 is 5.97 Å². The lowest BCUT2D eigenvalue weighted by atomic mass is 9.83. The fourth-order valence-electron chi connectivity index (χ4n) is 1.72. The predicted molar refractivity (Wildman–Crippen MR) is 69.2 cm³/mol.